The third-order valence-electron chi connectivity index (χ3n) is 2.37. The maximum Gasteiger partial charge on any atom is 0.311 e. The highest BCUT2D eigenvalue weighted by Gasteiger charge is 2.12. The van der Waals surface area contributed by atoms with Gasteiger partial charge in [-0.2, -0.15) is 0 Å². The summed E-state index contributed by atoms with van der Waals surface area (Å²) in [7, 11) is 0. The van der Waals surface area contributed by atoms with Crippen molar-refractivity contribution in [2.24, 2.45) is 0 Å². The Kier molecular flexibility index (Phi) is 3.92. The minimum atomic E-state index is -1.00. The second kappa shape index (κ2) is 5.81. The van der Waals surface area contributed by atoms with Crippen LogP contribution < -0.4 is 5.32 Å². The number of hydrogen-bond acceptors (Lipinski definition) is 4. The van der Waals surface area contributed by atoms with Crippen molar-refractivity contribution in [2.45, 2.75) is 13.0 Å². The van der Waals surface area contributed by atoms with Gasteiger partial charge in [-0.25, -0.2) is 0 Å². The molecule has 0 saturated heterocycles. The van der Waals surface area contributed by atoms with Crippen LogP contribution in [-0.2, 0) is 17.8 Å². The minimum Gasteiger partial charge on any atom is -0.481 e. The first-order valence-corrected chi connectivity index (χ1v) is 5.64. The van der Waals surface area contributed by atoms with Gasteiger partial charge in [-0.3, -0.25) is 14.6 Å². The van der Waals surface area contributed by atoms with Gasteiger partial charge in [0.05, 0.1) is 12.2 Å². The molecule has 0 saturated carbocycles. The van der Waals surface area contributed by atoms with Crippen molar-refractivity contribution in [1.82, 2.24) is 10.3 Å². The predicted molar refractivity (Wildman–Crippen MR) is 65.5 cm³/mol. The van der Waals surface area contributed by atoms with Crippen molar-refractivity contribution in [3.8, 4) is 0 Å². The maximum atomic E-state index is 11.7. The predicted octanol–water partition coefficient (Wildman–Crippen LogP) is 1.23. The smallest absolute Gasteiger partial charge is 0.311 e. The molecule has 0 spiro atoms. The first-order chi connectivity index (χ1) is 9.15. The Balaban J connectivity index is 1.93. The molecular formula is C13H12N2O4. The van der Waals surface area contributed by atoms with Crippen LogP contribution in [0.3, 0.4) is 0 Å². The van der Waals surface area contributed by atoms with E-state index in [9.17, 15) is 9.59 Å². The van der Waals surface area contributed by atoms with Gasteiger partial charge < -0.3 is 14.8 Å². The van der Waals surface area contributed by atoms with Crippen molar-refractivity contribution in [1.29, 1.82) is 0 Å². The summed E-state index contributed by atoms with van der Waals surface area (Å²) < 4.78 is 5.13. The molecule has 0 aliphatic heterocycles. The molecule has 2 heterocycles. The molecular weight excluding hydrogens is 248 g/mol. The number of carboxylic acids is 1. The van der Waals surface area contributed by atoms with E-state index in [2.05, 4.69) is 10.3 Å². The van der Waals surface area contributed by atoms with Gasteiger partial charge in [-0.15, -0.1) is 0 Å². The lowest BCUT2D eigenvalue weighted by molar-refractivity contribution is -0.136. The number of nitrogens with one attached hydrogen (secondary N) is 1. The maximum absolute atomic E-state index is 11.7. The van der Waals surface area contributed by atoms with Crippen LogP contribution in [0.15, 0.2) is 40.9 Å². The van der Waals surface area contributed by atoms with Crippen LogP contribution in [0.1, 0.15) is 22.0 Å². The Morgan fingerprint density at radius 3 is 2.79 bits per heavy atom. The number of aliphatic carboxylic acids is 1. The fraction of sp³-hybridized carbons (Fsp3) is 0.154. The number of carbonyl (C=O) groups excluding carboxylic acids is 1. The van der Waals surface area contributed by atoms with E-state index in [0.29, 0.717) is 0 Å². The molecule has 2 N–H and O–H groups in total. The normalized spacial score (nSPS) is 10.1. The summed E-state index contributed by atoms with van der Waals surface area (Å²) in [5, 5.41) is 11.2. The van der Waals surface area contributed by atoms with Crippen molar-refractivity contribution in [3.05, 3.63) is 53.7 Å². The average Bonchev–Trinajstić information content (AvgIpc) is 2.85. The quantitative estimate of drug-likeness (QED) is 0.843. The van der Waals surface area contributed by atoms with Crippen molar-refractivity contribution in [3.63, 3.8) is 0 Å². The molecule has 2 aromatic rings. The van der Waals surface area contributed by atoms with Crippen molar-refractivity contribution < 1.29 is 19.1 Å². The number of nitrogens with zero attached hydrogens (tertiary/aromatic N) is 1. The number of aromatic nitrogens is 1. The molecule has 0 aliphatic carbocycles. The number of rotatable bonds is 5. The Bertz CT molecular complexity index is 577. The van der Waals surface area contributed by atoms with Gasteiger partial charge in [0.2, 0.25) is 0 Å². The Morgan fingerprint density at radius 2 is 2.11 bits per heavy atom. The summed E-state index contributed by atoms with van der Waals surface area (Å²) in [6.07, 6.45) is 1.40. The lowest BCUT2D eigenvalue weighted by Gasteiger charge is -2.02. The van der Waals surface area contributed by atoms with Gasteiger partial charge in [-0.05, 0) is 24.3 Å². The first kappa shape index (κ1) is 12.8. The molecule has 0 aromatic carbocycles. The van der Waals surface area contributed by atoms with Crippen LogP contribution in [0.5, 0.6) is 0 Å². The van der Waals surface area contributed by atoms with Crippen molar-refractivity contribution in [2.75, 3.05) is 0 Å². The Labute approximate surface area is 109 Å². The number of hydrogen-bond donors (Lipinski definition) is 2. The van der Waals surface area contributed by atoms with Crippen LogP contribution in [0, 0.1) is 0 Å². The largest absolute Gasteiger partial charge is 0.481 e. The highest BCUT2D eigenvalue weighted by molar-refractivity contribution is 5.91. The van der Waals surface area contributed by atoms with Gasteiger partial charge in [0.25, 0.3) is 5.91 Å². The zero-order valence-corrected chi connectivity index (χ0v) is 10.00. The van der Waals surface area contributed by atoms with Gasteiger partial charge in [-0.1, -0.05) is 6.07 Å². The summed E-state index contributed by atoms with van der Waals surface area (Å²) in [6, 6.07) is 8.33. The summed E-state index contributed by atoms with van der Waals surface area (Å²) in [5.41, 5.74) is 0.730. The topological polar surface area (TPSA) is 92.4 Å². The van der Waals surface area contributed by atoms with E-state index in [0.717, 1.165) is 5.69 Å². The summed E-state index contributed by atoms with van der Waals surface area (Å²) in [6.45, 7) is 0.286. The minimum absolute atomic E-state index is 0.0900. The lowest BCUT2D eigenvalue weighted by atomic mass is 10.3. The van der Waals surface area contributed by atoms with Crippen LogP contribution in [0.25, 0.3) is 0 Å². The molecule has 0 radical (unpaired) electrons. The van der Waals surface area contributed by atoms with Crippen LogP contribution in [-0.4, -0.2) is 22.0 Å². The highest BCUT2D eigenvalue weighted by Crippen LogP contribution is 2.08. The third kappa shape index (κ3) is 3.67. The fourth-order valence-electron chi connectivity index (χ4n) is 1.50. The molecule has 0 atom stereocenters. The van der Waals surface area contributed by atoms with Gasteiger partial charge in [0, 0.05) is 6.20 Å². The molecule has 2 aromatic heterocycles. The van der Waals surface area contributed by atoms with E-state index in [4.69, 9.17) is 9.52 Å². The van der Waals surface area contributed by atoms with Crippen LogP contribution in [0.4, 0.5) is 0 Å². The van der Waals surface area contributed by atoms with Crippen LogP contribution >= 0.6 is 0 Å². The first-order valence-electron chi connectivity index (χ1n) is 5.64. The number of pyridine rings is 1. The second-order valence-corrected chi connectivity index (χ2v) is 3.84. The summed E-state index contributed by atoms with van der Waals surface area (Å²) >= 11 is 0. The molecule has 0 fully saturated rings. The molecule has 1 amide bonds. The van der Waals surface area contributed by atoms with Gasteiger partial charge >= 0.3 is 5.97 Å². The zero-order valence-electron chi connectivity index (χ0n) is 10.00. The number of furan rings is 1. The number of amides is 1. The Hall–Kier alpha value is -2.63. The molecule has 0 aliphatic rings. The highest BCUT2D eigenvalue weighted by atomic mass is 16.4. The SMILES string of the molecule is O=C(O)Cc1ccc(C(=O)NCc2ccccn2)o1. The van der Waals surface area contributed by atoms with E-state index in [1.54, 1.807) is 18.3 Å². The van der Waals surface area contributed by atoms with E-state index in [1.165, 1.54) is 12.1 Å². The second-order valence-electron chi connectivity index (χ2n) is 3.84. The standard InChI is InChI=1S/C13H12N2O4/c16-12(17)7-10-4-5-11(19-10)13(18)15-8-9-3-1-2-6-14-9/h1-6H,7-8H2,(H,15,18)(H,16,17). The van der Waals surface area contributed by atoms with E-state index >= 15 is 0 Å². The molecule has 98 valence electrons. The summed E-state index contributed by atoms with van der Waals surface area (Å²) in [5.74, 6) is -1.07. The van der Waals surface area contributed by atoms with Gasteiger partial charge in [0.15, 0.2) is 5.76 Å². The fourth-order valence-corrected chi connectivity index (χ4v) is 1.50. The molecule has 0 bridgehead atoms. The van der Waals surface area contributed by atoms with Crippen LogP contribution in [0.2, 0.25) is 0 Å². The van der Waals surface area contributed by atoms with Crippen molar-refractivity contribution >= 4 is 11.9 Å². The summed E-state index contributed by atoms with van der Waals surface area (Å²) in [4.78, 5) is 26.3. The Morgan fingerprint density at radius 1 is 1.26 bits per heavy atom. The van der Waals surface area contributed by atoms with E-state index in [1.807, 2.05) is 6.07 Å². The number of carbonyl (C=O) groups is 2. The molecule has 6 heteroatoms. The number of carboxylic acid groups (broad SMARTS) is 1. The van der Waals surface area contributed by atoms with E-state index in [-0.39, 0.29) is 24.5 Å². The zero-order chi connectivity index (χ0) is 13.7. The molecule has 19 heavy (non-hydrogen) atoms. The van der Waals surface area contributed by atoms with Gasteiger partial charge in [0.1, 0.15) is 12.2 Å². The molecule has 2 rings (SSSR count). The van der Waals surface area contributed by atoms with E-state index < -0.39 is 11.9 Å². The monoisotopic (exact) mass is 260 g/mol. The molecule has 6 nitrogen and oxygen atoms in total. The molecule has 0 unspecified atom stereocenters. The lowest BCUT2D eigenvalue weighted by Crippen LogP contribution is -2.22. The average molecular weight is 260 g/mol. The third-order valence-corrected chi connectivity index (χ3v) is 2.37.